The first-order valence-corrected chi connectivity index (χ1v) is 10.1. The molecule has 0 aliphatic carbocycles. The van der Waals surface area contributed by atoms with Crippen LogP contribution in [0.5, 0.6) is 0 Å². The van der Waals surface area contributed by atoms with Gasteiger partial charge in [-0.15, -0.1) is 0 Å². The number of aliphatic hydroxyl groups is 1. The lowest BCUT2D eigenvalue weighted by atomic mass is 9.99. The van der Waals surface area contributed by atoms with Gasteiger partial charge in [-0.05, 0) is 23.3 Å². The standard InChI is InChI=1S/C25H20F3NO5/c26-25(27,28)19-12-10-18(11-13-19)22(31)23(32)29-20(24(33)34)14-15-6-8-17(9-7-15)21(30)16-4-2-1-3-5-16/h1-13,20,22,31H,14H2,(H,29,32)(H,33,34)/t20-,22-/m1/s1. The highest BCUT2D eigenvalue weighted by molar-refractivity contribution is 6.08. The lowest BCUT2D eigenvalue weighted by Crippen LogP contribution is -2.44. The summed E-state index contributed by atoms with van der Waals surface area (Å²) >= 11 is 0. The highest BCUT2D eigenvalue weighted by Crippen LogP contribution is 2.30. The summed E-state index contributed by atoms with van der Waals surface area (Å²) in [5, 5.41) is 21.8. The van der Waals surface area contributed by atoms with Crippen molar-refractivity contribution in [2.45, 2.75) is 24.7 Å². The predicted molar refractivity (Wildman–Crippen MR) is 116 cm³/mol. The second kappa shape index (κ2) is 10.3. The number of ketones is 1. The van der Waals surface area contributed by atoms with E-state index < -0.39 is 35.8 Å². The molecule has 3 rings (SSSR count). The Morgan fingerprint density at radius 2 is 1.38 bits per heavy atom. The summed E-state index contributed by atoms with van der Waals surface area (Å²) in [5.74, 6) is -2.63. The Labute approximate surface area is 192 Å². The summed E-state index contributed by atoms with van der Waals surface area (Å²) < 4.78 is 38.0. The minimum atomic E-state index is -4.57. The molecular formula is C25H20F3NO5. The van der Waals surface area contributed by atoms with E-state index in [1.807, 2.05) is 0 Å². The van der Waals surface area contributed by atoms with Crippen LogP contribution in [0.1, 0.15) is 38.7 Å². The molecule has 0 radical (unpaired) electrons. The number of benzene rings is 3. The molecule has 9 heteroatoms. The highest BCUT2D eigenvalue weighted by Gasteiger charge is 2.31. The molecule has 3 aromatic carbocycles. The largest absolute Gasteiger partial charge is 0.480 e. The molecule has 0 spiro atoms. The minimum Gasteiger partial charge on any atom is -0.480 e. The molecule has 0 aliphatic heterocycles. The topological polar surface area (TPSA) is 104 Å². The van der Waals surface area contributed by atoms with E-state index in [4.69, 9.17) is 0 Å². The summed E-state index contributed by atoms with van der Waals surface area (Å²) in [5.41, 5.74) is 0.368. The monoisotopic (exact) mass is 471 g/mol. The van der Waals surface area contributed by atoms with Crippen molar-refractivity contribution in [3.8, 4) is 0 Å². The molecule has 2 atom stereocenters. The Morgan fingerprint density at radius 1 is 0.824 bits per heavy atom. The van der Waals surface area contributed by atoms with Crippen molar-refractivity contribution >= 4 is 17.7 Å². The third kappa shape index (κ3) is 6.08. The Balaban J connectivity index is 1.66. The number of carbonyl (C=O) groups excluding carboxylic acids is 2. The number of aliphatic hydroxyl groups excluding tert-OH is 1. The molecule has 0 saturated carbocycles. The van der Waals surface area contributed by atoms with Crippen molar-refractivity contribution in [2.75, 3.05) is 0 Å². The van der Waals surface area contributed by atoms with Crippen LogP contribution >= 0.6 is 0 Å². The van der Waals surface area contributed by atoms with Crippen LogP contribution in [0.3, 0.4) is 0 Å². The van der Waals surface area contributed by atoms with E-state index in [-0.39, 0.29) is 17.8 Å². The van der Waals surface area contributed by atoms with E-state index >= 15 is 0 Å². The van der Waals surface area contributed by atoms with Gasteiger partial charge in [0.15, 0.2) is 11.9 Å². The minimum absolute atomic E-state index is 0.113. The van der Waals surface area contributed by atoms with Gasteiger partial charge < -0.3 is 15.5 Å². The number of aliphatic carboxylic acids is 1. The lowest BCUT2D eigenvalue weighted by molar-refractivity contribution is -0.143. The second-order valence-corrected chi connectivity index (χ2v) is 7.52. The van der Waals surface area contributed by atoms with E-state index in [0.29, 0.717) is 16.7 Å². The van der Waals surface area contributed by atoms with E-state index in [1.54, 1.807) is 54.6 Å². The number of carboxylic acids is 1. The Bertz CT molecular complexity index is 1160. The quantitative estimate of drug-likeness (QED) is 0.434. The Kier molecular flexibility index (Phi) is 7.47. The average molecular weight is 471 g/mol. The molecule has 0 unspecified atom stereocenters. The molecule has 0 saturated heterocycles. The van der Waals surface area contributed by atoms with Crippen molar-refractivity contribution in [2.24, 2.45) is 0 Å². The number of hydrogen-bond acceptors (Lipinski definition) is 4. The first-order valence-electron chi connectivity index (χ1n) is 10.1. The van der Waals surface area contributed by atoms with Gasteiger partial charge in [-0.25, -0.2) is 4.79 Å². The van der Waals surface area contributed by atoms with Crippen LogP contribution < -0.4 is 5.32 Å². The van der Waals surface area contributed by atoms with Crippen LogP contribution in [0.2, 0.25) is 0 Å². The SMILES string of the molecule is O=C(c1ccccc1)c1ccc(C[C@@H](NC(=O)[C@H](O)c2ccc(C(F)(F)F)cc2)C(=O)O)cc1. The second-order valence-electron chi connectivity index (χ2n) is 7.52. The molecule has 0 aliphatic rings. The molecule has 0 bridgehead atoms. The first kappa shape index (κ1) is 24.7. The fourth-order valence-electron chi connectivity index (χ4n) is 3.24. The summed E-state index contributed by atoms with van der Waals surface area (Å²) in [4.78, 5) is 36.5. The summed E-state index contributed by atoms with van der Waals surface area (Å²) in [6.07, 6.45) is -6.56. The normalized spacial score (nSPS) is 13.1. The molecule has 1 amide bonds. The highest BCUT2D eigenvalue weighted by atomic mass is 19.4. The number of alkyl halides is 3. The maximum absolute atomic E-state index is 12.7. The lowest BCUT2D eigenvalue weighted by Gasteiger charge is -2.18. The number of carboxylic acid groups (broad SMARTS) is 1. The molecule has 0 heterocycles. The van der Waals surface area contributed by atoms with Crippen LogP contribution in [0.25, 0.3) is 0 Å². The number of hydrogen-bond donors (Lipinski definition) is 3. The van der Waals surface area contributed by atoms with Gasteiger partial charge in [-0.3, -0.25) is 9.59 Å². The van der Waals surface area contributed by atoms with Gasteiger partial charge in [0.1, 0.15) is 6.04 Å². The number of rotatable bonds is 8. The molecule has 0 fully saturated rings. The van der Waals surface area contributed by atoms with Gasteiger partial charge >= 0.3 is 12.1 Å². The van der Waals surface area contributed by atoms with Crippen molar-refractivity contribution < 1.29 is 37.8 Å². The molecule has 3 aromatic rings. The molecule has 34 heavy (non-hydrogen) atoms. The third-order valence-electron chi connectivity index (χ3n) is 5.11. The number of halogens is 3. The van der Waals surface area contributed by atoms with Crippen molar-refractivity contribution in [3.63, 3.8) is 0 Å². The van der Waals surface area contributed by atoms with Gasteiger partial charge in [-0.2, -0.15) is 13.2 Å². The van der Waals surface area contributed by atoms with Gasteiger partial charge in [0.2, 0.25) is 0 Å². The molecule has 176 valence electrons. The number of carbonyl (C=O) groups is 3. The fourth-order valence-corrected chi connectivity index (χ4v) is 3.24. The van der Waals surface area contributed by atoms with Gasteiger partial charge in [-0.1, -0.05) is 66.7 Å². The van der Waals surface area contributed by atoms with E-state index in [0.717, 1.165) is 24.3 Å². The predicted octanol–water partition coefficient (Wildman–Crippen LogP) is 3.78. The number of amides is 1. The number of nitrogens with one attached hydrogen (secondary N) is 1. The smallest absolute Gasteiger partial charge is 0.416 e. The molecule has 0 aromatic heterocycles. The Morgan fingerprint density at radius 3 is 1.91 bits per heavy atom. The summed E-state index contributed by atoms with van der Waals surface area (Å²) in [7, 11) is 0. The molecule has 6 nitrogen and oxygen atoms in total. The summed E-state index contributed by atoms with van der Waals surface area (Å²) in [6, 6.07) is 16.7. The molecule has 3 N–H and O–H groups in total. The van der Waals surface area contributed by atoms with Crippen LogP contribution in [-0.4, -0.2) is 33.9 Å². The zero-order valence-electron chi connectivity index (χ0n) is 17.6. The third-order valence-corrected chi connectivity index (χ3v) is 5.11. The van der Waals surface area contributed by atoms with E-state index in [1.165, 1.54) is 0 Å². The zero-order valence-corrected chi connectivity index (χ0v) is 17.6. The zero-order chi connectivity index (χ0) is 24.9. The van der Waals surface area contributed by atoms with Crippen molar-refractivity contribution in [1.82, 2.24) is 5.32 Å². The fraction of sp³-hybridized carbons (Fsp3) is 0.160. The van der Waals surface area contributed by atoms with Crippen LogP contribution in [0, 0.1) is 0 Å². The molecular weight excluding hydrogens is 451 g/mol. The average Bonchev–Trinajstić information content (AvgIpc) is 2.83. The maximum atomic E-state index is 12.7. The van der Waals surface area contributed by atoms with Gasteiger partial charge in [0, 0.05) is 17.5 Å². The van der Waals surface area contributed by atoms with Crippen LogP contribution in [0.15, 0.2) is 78.9 Å². The van der Waals surface area contributed by atoms with Gasteiger partial charge in [0.25, 0.3) is 5.91 Å². The van der Waals surface area contributed by atoms with Crippen molar-refractivity contribution in [1.29, 1.82) is 0 Å². The van der Waals surface area contributed by atoms with E-state index in [2.05, 4.69) is 5.32 Å². The maximum Gasteiger partial charge on any atom is 0.416 e. The van der Waals surface area contributed by atoms with Crippen LogP contribution in [-0.2, 0) is 22.2 Å². The van der Waals surface area contributed by atoms with Crippen LogP contribution in [0.4, 0.5) is 13.2 Å². The van der Waals surface area contributed by atoms with E-state index in [9.17, 15) is 37.8 Å². The van der Waals surface area contributed by atoms with Gasteiger partial charge in [0.05, 0.1) is 5.56 Å². The first-order chi connectivity index (χ1) is 16.1. The Hall–Kier alpha value is -3.98. The summed E-state index contributed by atoms with van der Waals surface area (Å²) in [6.45, 7) is 0. The van der Waals surface area contributed by atoms with Crippen molar-refractivity contribution in [3.05, 3.63) is 107 Å².